The molecular formula is C18H19F3N4S. The fourth-order valence-corrected chi connectivity index (χ4v) is 4.93. The van der Waals surface area contributed by atoms with Crippen LogP contribution >= 0.6 is 11.9 Å². The zero-order valence-electron chi connectivity index (χ0n) is 14.3. The minimum Gasteiger partial charge on any atom is -0.298 e. The molecule has 2 aliphatic heterocycles. The molecule has 0 unspecified atom stereocenters. The Hall–Kier alpha value is -1.64. The number of alkyl halides is 3. The lowest BCUT2D eigenvalue weighted by Gasteiger charge is -2.60. The van der Waals surface area contributed by atoms with Crippen LogP contribution in [0.15, 0.2) is 41.6 Å². The molecule has 2 aromatic heterocycles. The van der Waals surface area contributed by atoms with E-state index in [9.17, 15) is 13.2 Å². The Balaban J connectivity index is 1.27. The van der Waals surface area contributed by atoms with Crippen molar-refractivity contribution in [1.29, 1.82) is 0 Å². The summed E-state index contributed by atoms with van der Waals surface area (Å²) < 4.78 is 40.3. The third-order valence-electron chi connectivity index (χ3n) is 4.83. The number of pyridine rings is 2. The van der Waals surface area contributed by atoms with Crippen LogP contribution in [0.2, 0.25) is 0 Å². The first-order valence-corrected chi connectivity index (χ1v) is 9.19. The van der Waals surface area contributed by atoms with Crippen LogP contribution in [-0.2, 0) is 12.7 Å². The minimum absolute atomic E-state index is 0.336. The molecule has 26 heavy (non-hydrogen) atoms. The van der Waals surface area contributed by atoms with Crippen molar-refractivity contribution in [3.63, 3.8) is 0 Å². The van der Waals surface area contributed by atoms with Gasteiger partial charge in [-0.15, -0.1) is 0 Å². The Kier molecular flexibility index (Phi) is 4.45. The van der Waals surface area contributed by atoms with Gasteiger partial charge in [0.25, 0.3) is 0 Å². The molecular weight excluding hydrogens is 361 g/mol. The van der Waals surface area contributed by atoms with Gasteiger partial charge in [-0.2, -0.15) is 13.2 Å². The standard InChI is InChI=1S/C18H19F3N4S/c1-13-15(4-5-16(23-13)18(19,20)21)26-25-11-17(12-25)9-24(10-17)8-14-3-2-6-22-7-14/h2-7H,8-12H2,1H3. The smallest absolute Gasteiger partial charge is 0.298 e. The topological polar surface area (TPSA) is 32.3 Å². The summed E-state index contributed by atoms with van der Waals surface area (Å²) in [5.74, 6) is 0. The molecule has 0 radical (unpaired) electrons. The van der Waals surface area contributed by atoms with Gasteiger partial charge in [0.15, 0.2) is 0 Å². The Morgan fingerprint density at radius 2 is 1.92 bits per heavy atom. The minimum atomic E-state index is -4.39. The van der Waals surface area contributed by atoms with Gasteiger partial charge >= 0.3 is 6.18 Å². The van der Waals surface area contributed by atoms with Gasteiger partial charge in [0, 0.05) is 55.4 Å². The van der Waals surface area contributed by atoms with E-state index in [2.05, 4.69) is 25.2 Å². The molecule has 0 amide bonds. The van der Waals surface area contributed by atoms with Gasteiger partial charge in [-0.25, -0.2) is 9.29 Å². The molecule has 0 aliphatic carbocycles. The van der Waals surface area contributed by atoms with Gasteiger partial charge < -0.3 is 0 Å². The molecule has 2 saturated heterocycles. The number of hydrogen-bond donors (Lipinski definition) is 0. The van der Waals surface area contributed by atoms with Crippen LogP contribution in [0.5, 0.6) is 0 Å². The van der Waals surface area contributed by atoms with Gasteiger partial charge in [0.2, 0.25) is 0 Å². The van der Waals surface area contributed by atoms with E-state index in [1.165, 1.54) is 23.6 Å². The van der Waals surface area contributed by atoms with Gasteiger partial charge in [-0.3, -0.25) is 9.88 Å². The van der Waals surface area contributed by atoms with Gasteiger partial charge in [-0.1, -0.05) is 6.07 Å². The number of aromatic nitrogens is 2. The van der Waals surface area contributed by atoms with Crippen LogP contribution in [0.1, 0.15) is 17.0 Å². The number of nitrogens with zero attached hydrogens (tertiary/aromatic N) is 4. The second-order valence-corrected chi connectivity index (χ2v) is 8.31. The van der Waals surface area contributed by atoms with Crippen molar-refractivity contribution in [3.05, 3.63) is 53.6 Å². The highest BCUT2D eigenvalue weighted by molar-refractivity contribution is 7.97. The highest BCUT2D eigenvalue weighted by Gasteiger charge is 2.51. The van der Waals surface area contributed by atoms with E-state index >= 15 is 0 Å². The molecule has 4 heterocycles. The lowest BCUT2D eigenvalue weighted by Crippen LogP contribution is -2.70. The monoisotopic (exact) mass is 380 g/mol. The highest BCUT2D eigenvalue weighted by Crippen LogP contribution is 2.45. The summed E-state index contributed by atoms with van der Waals surface area (Å²) in [5, 5.41) is 0. The molecule has 2 fully saturated rings. The second kappa shape index (κ2) is 6.51. The Bertz CT molecular complexity index is 783. The summed E-state index contributed by atoms with van der Waals surface area (Å²) in [4.78, 5) is 11.0. The van der Waals surface area contributed by atoms with Crippen molar-refractivity contribution >= 4 is 11.9 Å². The van der Waals surface area contributed by atoms with E-state index < -0.39 is 11.9 Å². The Morgan fingerprint density at radius 1 is 1.15 bits per heavy atom. The summed E-state index contributed by atoms with van der Waals surface area (Å²) in [6.45, 7) is 6.59. The largest absolute Gasteiger partial charge is 0.433 e. The van der Waals surface area contributed by atoms with Crippen LogP contribution in [0.4, 0.5) is 13.2 Å². The molecule has 0 saturated carbocycles. The molecule has 0 N–H and O–H groups in total. The molecule has 0 bridgehead atoms. The predicted molar refractivity (Wildman–Crippen MR) is 93.4 cm³/mol. The number of hydrogen-bond acceptors (Lipinski definition) is 5. The fraction of sp³-hybridized carbons (Fsp3) is 0.444. The van der Waals surface area contributed by atoms with E-state index in [0.717, 1.165) is 43.7 Å². The SMILES string of the molecule is Cc1nc(C(F)(F)F)ccc1SN1CC2(CN(Cc3cccnc3)C2)C1. The first-order valence-electron chi connectivity index (χ1n) is 8.42. The van der Waals surface area contributed by atoms with Crippen molar-refractivity contribution < 1.29 is 13.2 Å². The van der Waals surface area contributed by atoms with Crippen LogP contribution in [-0.4, -0.2) is 45.4 Å². The number of likely N-dealkylation sites (tertiary alicyclic amines) is 1. The maximum absolute atomic E-state index is 12.7. The van der Waals surface area contributed by atoms with Crippen LogP contribution < -0.4 is 0 Å². The quantitative estimate of drug-likeness (QED) is 0.757. The molecule has 2 aliphatic rings. The summed E-state index contributed by atoms with van der Waals surface area (Å²) in [6.07, 6.45) is -0.715. The average molecular weight is 380 g/mol. The van der Waals surface area contributed by atoms with Gasteiger partial charge in [-0.05, 0) is 42.6 Å². The molecule has 4 nitrogen and oxygen atoms in total. The molecule has 0 aromatic carbocycles. The van der Waals surface area contributed by atoms with Crippen molar-refractivity contribution in [2.24, 2.45) is 5.41 Å². The third kappa shape index (κ3) is 3.58. The van der Waals surface area contributed by atoms with Crippen molar-refractivity contribution in [1.82, 2.24) is 19.2 Å². The summed E-state index contributed by atoms with van der Waals surface area (Å²) in [7, 11) is 0. The Morgan fingerprint density at radius 3 is 2.54 bits per heavy atom. The summed E-state index contributed by atoms with van der Waals surface area (Å²) >= 11 is 1.51. The van der Waals surface area contributed by atoms with Crippen molar-refractivity contribution in [2.45, 2.75) is 24.5 Å². The molecule has 4 rings (SSSR count). The molecule has 2 aromatic rings. The number of halogens is 3. The normalized spacial score (nSPS) is 20.0. The molecule has 0 atom stereocenters. The van der Waals surface area contributed by atoms with E-state index in [-0.39, 0.29) is 0 Å². The maximum atomic E-state index is 12.7. The molecule has 1 spiro atoms. The Labute approximate surface area is 154 Å². The van der Waals surface area contributed by atoms with Crippen molar-refractivity contribution in [3.8, 4) is 0 Å². The predicted octanol–water partition coefficient (Wildman–Crippen LogP) is 3.63. The van der Waals surface area contributed by atoms with Crippen LogP contribution in [0.25, 0.3) is 0 Å². The third-order valence-corrected chi connectivity index (χ3v) is 5.97. The van der Waals surface area contributed by atoms with E-state index in [4.69, 9.17) is 0 Å². The zero-order chi connectivity index (χ0) is 18.4. The van der Waals surface area contributed by atoms with E-state index in [0.29, 0.717) is 11.1 Å². The average Bonchev–Trinajstić information content (AvgIpc) is 2.52. The number of rotatable bonds is 4. The first-order chi connectivity index (χ1) is 12.3. The molecule has 8 heteroatoms. The summed E-state index contributed by atoms with van der Waals surface area (Å²) in [6, 6.07) is 6.62. The first kappa shape index (κ1) is 17.8. The summed E-state index contributed by atoms with van der Waals surface area (Å²) in [5.41, 5.74) is 1.16. The fourth-order valence-electron chi connectivity index (χ4n) is 3.67. The van der Waals surface area contributed by atoms with Crippen LogP contribution in [0, 0.1) is 12.3 Å². The maximum Gasteiger partial charge on any atom is 0.433 e. The van der Waals surface area contributed by atoms with Crippen molar-refractivity contribution in [2.75, 3.05) is 26.2 Å². The van der Waals surface area contributed by atoms with Gasteiger partial charge in [0.05, 0.1) is 5.69 Å². The van der Waals surface area contributed by atoms with E-state index in [1.54, 1.807) is 13.1 Å². The molecule has 138 valence electrons. The number of aryl methyl sites for hydroxylation is 1. The highest BCUT2D eigenvalue weighted by atomic mass is 32.2. The lowest BCUT2D eigenvalue weighted by atomic mass is 9.74. The van der Waals surface area contributed by atoms with E-state index in [1.807, 2.05) is 12.3 Å². The van der Waals surface area contributed by atoms with Crippen LogP contribution in [0.3, 0.4) is 0 Å². The zero-order valence-corrected chi connectivity index (χ0v) is 15.1. The lowest BCUT2D eigenvalue weighted by molar-refractivity contribution is -0.141. The second-order valence-electron chi connectivity index (χ2n) is 7.17. The van der Waals surface area contributed by atoms with Gasteiger partial charge in [0.1, 0.15) is 5.69 Å².